The number of likely N-dealkylation sites (tertiary alicyclic amines) is 2. The summed E-state index contributed by atoms with van der Waals surface area (Å²) in [5.74, 6) is 0.977. The van der Waals surface area contributed by atoms with Gasteiger partial charge in [-0.25, -0.2) is 0 Å². The first-order chi connectivity index (χ1) is 9.78. The Morgan fingerprint density at radius 1 is 1.05 bits per heavy atom. The van der Waals surface area contributed by atoms with Crippen LogP contribution in [-0.2, 0) is 0 Å². The monoisotopic (exact) mass is 281 g/mol. The fourth-order valence-corrected chi connectivity index (χ4v) is 3.79. The van der Waals surface area contributed by atoms with Gasteiger partial charge in [-0.3, -0.25) is 0 Å². The van der Waals surface area contributed by atoms with Gasteiger partial charge in [0.15, 0.2) is 0 Å². The lowest BCUT2D eigenvalue weighted by Crippen LogP contribution is -2.38. The molecule has 2 aliphatic heterocycles. The van der Waals surface area contributed by atoms with Crippen LogP contribution in [0.1, 0.15) is 52.4 Å². The highest BCUT2D eigenvalue weighted by Gasteiger charge is 2.22. The lowest BCUT2D eigenvalue weighted by Gasteiger charge is -2.34. The van der Waals surface area contributed by atoms with Crippen LogP contribution in [-0.4, -0.2) is 61.7 Å². The summed E-state index contributed by atoms with van der Waals surface area (Å²) in [5.41, 5.74) is 0. The van der Waals surface area contributed by atoms with Gasteiger partial charge >= 0.3 is 0 Å². The molecule has 20 heavy (non-hydrogen) atoms. The van der Waals surface area contributed by atoms with E-state index in [2.05, 4.69) is 29.0 Å². The summed E-state index contributed by atoms with van der Waals surface area (Å²) >= 11 is 0. The molecule has 0 aliphatic carbocycles. The van der Waals surface area contributed by atoms with Gasteiger partial charge in [-0.1, -0.05) is 6.92 Å². The minimum absolute atomic E-state index is 0.688. The molecule has 1 N–H and O–H groups in total. The summed E-state index contributed by atoms with van der Waals surface area (Å²) in [5, 5.41) is 3.51. The number of hydrogen-bond acceptors (Lipinski definition) is 3. The normalized spacial score (nSPS) is 24.3. The van der Waals surface area contributed by atoms with E-state index in [0.717, 1.165) is 12.5 Å². The smallest absolute Gasteiger partial charge is 0.00390 e. The van der Waals surface area contributed by atoms with E-state index < -0.39 is 0 Å². The molecule has 0 spiro atoms. The van der Waals surface area contributed by atoms with Crippen molar-refractivity contribution in [2.75, 3.05) is 45.8 Å². The summed E-state index contributed by atoms with van der Waals surface area (Å²) in [4.78, 5) is 5.39. The van der Waals surface area contributed by atoms with Crippen molar-refractivity contribution in [2.24, 2.45) is 5.92 Å². The molecule has 0 bridgehead atoms. The van der Waals surface area contributed by atoms with Crippen molar-refractivity contribution in [2.45, 2.75) is 58.4 Å². The maximum atomic E-state index is 3.51. The number of hydrogen-bond donors (Lipinski definition) is 1. The van der Waals surface area contributed by atoms with Crippen molar-refractivity contribution in [3.05, 3.63) is 0 Å². The van der Waals surface area contributed by atoms with Crippen LogP contribution in [0.3, 0.4) is 0 Å². The first kappa shape index (κ1) is 16.3. The highest BCUT2D eigenvalue weighted by atomic mass is 15.2. The number of rotatable bonds is 8. The molecule has 0 aromatic rings. The minimum Gasteiger partial charge on any atom is -0.315 e. The second-order valence-corrected chi connectivity index (χ2v) is 6.89. The maximum absolute atomic E-state index is 3.51. The van der Waals surface area contributed by atoms with Crippen LogP contribution in [0.2, 0.25) is 0 Å². The van der Waals surface area contributed by atoms with Gasteiger partial charge in [0.1, 0.15) is 0 Å². The van der Waals surface area contributed by atoms with Crippen LogP contribution in [0.25, 0.3) is 0 Å². The Morgan fingerprint density at radius 3 is 2.40 bits per heavy atom. The molecule has 0 radical (unpaired) electrons. The summed E-state index contributed by atoms with van der Waals surface area (Å²) in [7, 11) is 0. The number of nitrogens with zero attached hydrogens (tertiary/aromatic N) is 2. The van der Waals surface area contributed by atoms with E-state index >= 15 is 0 Å². The van der Waals surface area contributed by atoms with E-state index in [1.54, 1.807) is 0 Å². The Kier molecular flexibility index (Phi) is 7.32. The average Bonchev–Trinajstić information content (AvgIpc) is 2.94. The van der Waals surface area contributed by atoms with E-state index in [1.807, 2.05) is 0 Å². The fourth-order valence-electron chi connectivity index (χ4n) is 3.79. The molecule has 3 nitrogen and oxygen atoms in total. The van der Waals surface area contributed by atoms with E-state index in [-0.39, 0.29) is 0 Å². The molecule has 3 heteroatoms. The van der Waals surface area contributed by atoms with Crippen molar-refractivity contribution >= 4 is 0 Å². The highest BCUT2D eigenvalue weighted by molar-refractivity contribution is 4.77. The summed E-state index contributed by atoms with van der Waals surface area (Å²) in [6.07, 6.45) is 8.40. The highest BCUT2D eigenvalue weighted by Crippen LogP contribution is 2.20. The van der Waals surface area contributed by atoms with Gasteiger partial charge < -0.3 is 15.1 Å². The predicted molar refractivity (Wildman–Crippen MR) is 87.2 cm³/mol. The van der Waals surface area contributed by atoms with E-state index in [1.165, 1.54) is 77.8 Å². The summed E-state index contributed by atoms with van der Waals surface area (Å²) in [6.45, 7) is 13.7. The zero-order valence-corrected chi connectivity index (χ0v) is 13.7. The standard InChI is InChI=1S/C17H35N3/c1-3-18-16(2)7-6-12-19-13-8-17(9-14-19)15-20-10-4-5-11-20/h16-18H,3-15H2,1-2H3. The van der Waals surface area contributed by atoms with Crippen LogP contribution in [0.4, 0.5) is 0 Å². The van der Waals surface area contributed by atoms with Gasteiger partial charge in [0.05, 0.1) is 0 Å². The Bertz CT molecular complexity index is 243. The van der Waals surface area contributed by atoms with Gasteiger partial charge in [-0.05, 0) is 90.6 Å². The molecule has 2 rings (SSSR count). The number of piperidine rings is 1. The quantitative estimate of drug-likeness (QED) is 0.738. The second-order valence-electron chi connectivity index (χ2n) is 6.89. The topological polar surface area (TPSA) is 18.5 Å². The zero-order chi connectivity index (χ0) is 14.2. The Hall–Kier alpha value is -0.120. The molecule has 1 atom stereocenters. The molecule has 0 aromatic carbocycles. The first-order valence-electron chi connectivity index (χ1n) is 8.96. The van der Waals surface area contributed by atoms with E-state index in [4.69, 9.17) is 0 Å². The SMILES string of the molecule is CCNC(C)CCCN1CCC(CN2CCCC2)CC1. The average molecular weight is 281 g/mol. The molecule has 1 unspecified atom stereocenters. The van der Waals surface area contributed by atoms with Crippen molar-refractivity contribution in [1.29, 1.82) is 0 Å². The molecule has 0 aromatic heterocycles. The van der Waals surface area contributed by atoms with Gasteiger partial charge in [-0.15, -0.1) is 0 Å². The maximum Gasteiger partial charge on any atom is 0.00390 e. The third-order valence-electron chi connectivity index (χ3n) is 5.09. The molecule has 0 amide bonds. The molecule has 2 heterocycles. The minimum atomic E-state index is 0.688. The Balaban J connectivity index is 1.52. The fraction of sp³-hybridized carbons (Fsp3) is 1.00. The van der Waals surface area contributed by atoms with Crippen LogP contribution >= 0.6 is 0 Å². The van der Waals surface area contributed by atoms with Crippen molar-refractivity contribution in [3.63, 3.8) is 0 Å². The van der Waals surface area contributed by atoms with Gasteiger partial charge in [0, 0.05) is 12.6 Å². The zero-order valence-electron chi connectivity index (χ0n) is 13.7. The summed E-state index contributed by atoms with van der Waals surface area (Å²) < 4.78 is 0. The van der Waals surface area contributed by atoms with Crippen LogP contribution < -0.4 is 5.32 Å². The predicted octanol–water partition coefficient (Wildman–Crippen LogP) is 2.57. The molecule has 2 saturated heterocycles. The third-order valence-corrected chi connectivity index (χ3v) is 5.09. The molecule has 0 saturated carbocycles. The lowest BCUT2D eigenvalue weighted by atomic mass is 9.96. The summed E-state index contributed by atoms with van der Waals surface area (Å²) in [6, 6.07) is 0.688. The largest absolute Gasteiger partial charge is 0.315 e. The molecule has 2 fully saturated rings. The Labute approximate surface area is 126 Å². The molecule has 118 valence electrons. The number of nitrogens with one attached hydrogen (secondary N) is 1. The van der Waals surface area contributed by atoms with E-state index in [0.29, 0.717) is 6.04 Å². The molecular formula is C17H35N3. The van der Waals surface area contributed by atoms with Crippen LogP contribution in [0.5, 0.6) is 0 Å². The second kappa shape index (κ2) is 9.01. The van der Waals surface area contributed by atoms with Gasteiger partial charge in [-0.2, -0.15) is 0 Å². The van der Waals surface area contributed by atoms with Crippen molar-refractivity contribution < 1.29 is 0 Å². The molecular weight excluding hydrogens is 246 g/mol. The van der Waals surface area contributed by atoms with E-state index in [9.17, 15) is 0 Å². The van der Waals surface area contributed by atoms with Gasteiger partial charge in [0.25, 0.3) is 0 Å². The van der Waals surface area contributed by atoms with Crippen LogP contribution in [0, 0.1) is 5.92 Å². The van der Waals surface area contributed by atoms with Gasteiger partial charge in [0.2, 0.25) is 0 Å². The van der Waals surface area contributed by atoms with Crippen molar-refractivity contribution in [1.82, 2.24) is 15.1 Å². The lowest BCUT2D eigenvalue weighted by molar-refractivity contribution is 0.151. The Morgan fingerprint density at radius 2 is 1.75 bits per heavy atom. The molecule has 2 aliphatic rings. The van der Waals surface area contributed by atoms with Crippen molar-refractivity contribution in [3.8, 4) is 0 Å². The van der Waals surface area contributed by atoms with Crippen LogP contribution in [0.15, 0.2) is 0 Å². The first-order valence-corrected chi connectivity index (χ1v) is 8.96. The third kappa shape index (κ3) is 5.71.